The van der Waals surface area contributed by atoms with E-state index in [1.807, 2.05) is 0 Å². The molecule has 0 unspecified atom stereocenters. The van der Waals surface area contributed by atoms with Gasteiger partial charge in [-0.15, -0.1) is 0 Å². The van der Waals surface area contributed by atoms with E-state index in [1.54, 1.807) is 18.2 Å². The van der Waals surface area contributed by atoms with Crippen LogP contribution in [0.5, 0.6) is 17.2 Å². The zero-order valence-electron chi connectivity index (χ0n) is 13.5. The molecule has 1 heterocycles. The van der Waals surface area contributed by atoms with Crippen molar-refractivity contribution < 1.29 is 19.0 Å². The number of imidazole rings is 1. The van der Waals surface area contributed by atoms with Crippen LogP contribution in [0.3, 0.4) is 0 Å². The van der Waals surface area contributed by atoms with E-state index in [0.717, 1.165) is 0 Å². The van der Waals surface area contributed by atoms with E-state index in [1.165, 1.54) is 32.4 Å². The van der Waals surface area contributed by atoms with Gasteiger partial charge in [-0.3, -0.25) is 0 Å². The molecule has 3 aromatic rings. The number of hydrogen-bond acceptors (Lipinski definition) is 5. The zero-order valence-corrected chi connectivity index (χ0v) is 13.5. The van der Waals surface area contributed by atoms with Gasteiger partial charge >= 0.3 is 0 Å². The minimum Gasteiger partial charge on any atom is -0.502 e. The van der Waals surface area contributed by atoms with E-state index in [4.69, 9.17) is 9.47 Å². The Bertz CT molecular complexity index is 993. The number of phenolic OH excluding ortho intramolecular Hbond substituents is 1. The van der Waals surface area contributed by atoms with E-state index in [2.05, 4.69) is 16.0 Å². The van der Waals surface area contributed by atoms with E-state index >= 15 is 0 Å². The molecular formula is C18H14FN3O3. The number of rotatable bonds is 4. The molecule has 0 aliphatic heterocycles. The second kappa shape index (κ2) is 6.53. The summed E-state index contributed by atoms with van der Waals surface area (Å²) >= 11 is 0. The average molecular weight is 339 g/mol. The van der Waals surface area contributed by atoms with E-state index in [0.29, 0.717) is 22.4 Å². The largest absolute Gasteiger partial charge is 0.502 e. The lowest BCUT2D eigenvalue weighted by molar-refractivity contribution is 0.340. The first-order valence-electron chi connectivity index (χ1n) is 7.28. The maximum Gasteiger partial charge on any atom is 0.200 e. The van der Waals surface area contributed by atoms with Gasteiger partial charge in [0.1, 0.15) is 17.7 Å². The summed E-state index contributed by atoms with van der Waals surface area (Å²) in [4.78, 5) is 7.22. The molecule has 0 bridgehead atoms. The monoisotopic (exact) mass is 339 g/mol. The highest BCUT2D eigenvalue weighted by molar-refractivity contribution is 5.90. The second-order valence-corrected chi connectivity index (χ2v) is 5.19. The van der Waals surface area contributed by atoms with Gasteiger partial charge in [0.25, 0.3) is 0 Å². The Hall–Kier alpha value is -3.53. The van der Waals surface area contributed by atoms with Gasteiger partial charge in [0, 0.05) is 0 Å². The minimum absolute atomic E-state index is 0.125. The number of nitriles is 1. The Morgan fingerprint density at radius 2 is 1.92 bits per heavy atom. The Balaban J connectivity index is 2.09. The van der Waals surface area contributed by atoms with Crippen LogP contribution in [0.1, 0.15) is 11.4 Å². The molecule has 2 aromatic carbocycles. The third-order valence-corrected chi connectivity index (χ3v) is 3.63. The smallest absolute Gasteiger partial charge is 0.200 e. The molecule has 126 valence electrons. The van der Waals surface area contributed by atoms with Crippen LogP contribution in [0.4, 0.5) is 4.39 Å². The van der Waals surface area contributed by atoms with Crippen LogP contribution in [0.15, 0.2) is 30.3 Å². The maximum atomic E-state index is 13.3. The molecule has 0 aliphatic carbocycles. The number of hydrogen-bond donors (Lipinski definition) is 2. The summed E-state index contributed by atoms with van der Waals surface area (Å²) in [5.74, 6) is 0.233. The summed E-state index contributed by atoms with van der Waals surface area (Å²) in [5.41, 5.74) is 1.87. The molecule has 2 N–H and O–H groups in total. The Morgan fingerprint density at radius 3 is 2.52 bits per heavy atom. The van der Waals surface area contributed by atoms with Gasteiger partial charge in [0.15, 0.2) is 11.5 Å². The number of ether oxygens (including phenoxy) is 2. The fraction of sp³-hybridized carbons (Fsp3) is 0.111. The molecule has 0 spiro atoms. The molecule has 25 heavy (non-hydrogen) atoms. The van der Waals surface area contributed by atoms with Crippen molar-refractivity contribution in [3.63, 3.8) is 0 Å². The summed E-state index contributed by atoms with van der Waals surface area (Å²) < 4.78 is 23.5. The third kappa shape index (κ3) is 3.10. The van der Waals surface area contributed by atoms with Crippen molar-refractivity contribution in [2.75, 3.05) is 14.2 Å². The number of aromatic nitrogens is 2. The molecule has 3 rings (SSSR count). The molecule has 0 aliphatic rings. The second-order valence-electron chi connectivity index (χ2n) is 5.19. The number of methoxy groups -OCH3 is 2. The van der Waals surface area contributed by atoms with Gasteiger partial charge in [-0.25, -0.2) is 9.37 Å². The number of H-pyrrole nitrogens is 1. The van der Waals surface area contributed by atoms with Gasteiger partial charge in [0.2, 0.25) is 5.75 Å². The van der Waals surface area contributed by atoms with Gasteiger partial charge in [-0.1, -0.05) is 0 Å². The number of nitrogens with zero attached hydrogens (tertiary/aromatic N) is 2. The standard InChI is InChI=1S/C18H14FN3O3/c1-24-15-6-10(7-16(25-2)17(15)23)5-11(9-20)18-21-13-4-3-12(19)8-14(13)22-18/h3-8,23H,1-2H3,(H,21,22)/b11-5-. The predicted molar refractivity (Wildman–Crippen MR) is 90.7 cm³/mol. The highest BCUT2D eigenvalue weighted by atomic mass is 19.1. The summed E-state index contributed by atoms with van der Waals surface area (Å²) in [6.07, 6.45) is 1.57. The van der Waals surface area contributed by atoms with Crippen LogP contribution in [-0.4, -0.2) is 29.3 Å². The van der Waals surface area contributed by atoms with Crippen molar-refractivity contribution in [3.8, 4) is 23.3 Å². The fourth-order valence-electron chi connectivity index (χ4n) is 2.43. The Labute approximate surface area is 142 Å². The molecule has 1 aromatic heterocycles. The summed E-state index contributed by atoms with van der Waals surface area (Å²) in [7, 11) is 2.84. The van der Waals surface area contributed by atoms with Crippen molar-refractivity contribution in [3.05, 3.63) is 47.5 Å². The summed E-state index contributed by atoms with van der Waals surface area (Å²) in [6.45, 7) is 0. The first kappa shape index (κ1) is 16.3. The first-order valence-corrected chi connectivity index (χ1v) is 7.28. The summed E-state index contributed by atoms with van der Waals surface area (Å²) in [5, 5.41) is 19.4. The number of nitrogens with one attached hydrogen (secondary N) is 1. The zero-order chi connectivity index (χ0) is 18.0. The highest BCUT2D eigenvalue weighted by Gasteiger charge is 2.13. The third-order valence-electron chi connectivity index (χ3n) is 3.63. The molecule has 6 nitrogen and oxygen atoms in total. The normalized spacial score (nSPS) is 11.4. The van der Waals surface area contributed by atoms with Crippen LogP contribution in [0.2, 0.25) is 0 Å². The predicted octanol–water partition coefficient (Wildman–Crippen LogP) is 3.49. The number of fused-ring (bicyclic) bond motifs is 1. The van der Waals surface area contributed by atoms with Crippen LogP contribution >= 0.6 is 0 Å². The summed E-state index contributed by atoms with van der Waals surface area (Å²) in [6, 6.07) is 9.35. The molecule has 0 fully saturated rings. The molecule has 7 heteroatoms. The SMILES string of the molecule is COc1cc(/C=C(/C#N)c2nc3ccc(F)cc3[nH]2)cc(OC)c1O. The Kier molecular flexibility index (Phi) is 4.27. The number of allylic oxidation sites excluding steroid dienone is 1. The number of aromatic hydroxyl groups is 1. The molecular weight excluding hydrogens is 325 g/mol. The van der Waals surface area contributed by atoms with E-state index < -0.39 is 5.82 Å². The number of benzene rings is 2. The molecule has 0 radical (unpaired) electrons. The van der Waals surface area contributed by atoms with Gasteiger partial charge in [0.05, 0.1) is 30.8 Å². The molecule has 0 amide bonds. The van der Waals surface area contributed by atoms with Crippen LogP contribution < -0.4 is 9.47 Å². The molecule has 0 atom stereocenters. The van der Waals surface area contributed by atoms with Crippen molar-refractivity contribution in [1.82, 2.24) is 9.97 Å². The quantitative estimate of drug-likeness (QED) is 0.710. The van der Waals surface area contributed by atoms with Crippen molar-refractivity contribution >= 4 is 22.7 Å². The number of phenols is 1. The van der Waals surface area contributed by atoms with Gasteiger partial charge < -0.3 is 19.6 Å². The first-order chi connectivity index (χ1) is 12.0. The van der Waals surface area contributed by atoms with E-state index in [9.17, 15) is 14.8 Å². The van der Waals surface area contributed by atoms with Gasteiger partial charge in [-0.05, 0) is 42.0 Å². The topological polar surface area (TPSA) is 91.2 Å². The Morgan fingerprint density at radius 1 is 1.24 bits per heavy atom. The van der Waals surface area contributed by atoms with Gasteiger partial charge in [-0.2, -0.15) is 5.26 Å². The lowest BCUT2D eigenvalue weighted by Crippen LogP contribution is -1.91. The number of halogens is 1. The van der Waals surface area contributed by atoms with Crippen LogP contribution in [0, 0.1) is 17.1 Å². The van der Waals surface area contributed by atoms with Crippen LogP contribution in [-0.2, 0) is 0 Å². The lowest BCUT2D eigenvalue weighted by Gasteiger charge is -2.09. The fourth-order valence-corrected chi connectivity index (χ4v) is 2.43. The highest BCUT2D eigenvalue weighted by Crippen LogP contribution is 2.38. The maximum absolute atomic E-state index is 13.3. The molecule has 0 saturated heterocycles. The lowest BCUT2D eigenvalue weighted by atomic mass is 10.1. The van der Waals surface area contributed by atoms with Crippen molar-refractivity contribution in [1.29, 1.82) is 5.26 Å². The van der Waals surface area contributed by atoms with Crippen molar-refractivity contribution in [2.45, 2.75) is 0 Å². The van der Waals surface area contributed by atoms with E-state index in [-0.39, 0.29) is 22.8 Å². The number of aromatic amines is 1. The van der Waals surface area contributed by atoms with Crippen LogP contribution in [0.25, 0.3) is 22.7 Å². The minimum atomic E-state index is -0.391. The van der Waals surface area contributed by atoms with Crippen molar-refractivity contribution in [2.24, 2.45) is 0 Å². The average Bonchev–Trinajstić information content (AvgIpc) is 3.03. The molecule has 0 saturated carbocycles.